The number of methoxy groups -OCH3 is 2. The lowest BCUT2D eigenvalue weighted by Crippen LogP contribution is -2.38. The fourth-order valence-corrected chi connectivity index (χ4v) is 3.94. The van der Waals surface area contributed by atoms with Crippen molar-refractivity contribution in [3.8, 4) is 17.2 Å². The van der Waals surface area contributed by atoms with Crippen LogP contribution in [-0.4, -0.2) is 37.0 Å². The van der Waals surface area contributed by atoms with Crippen LogP contribution in [-0.2, 0) is 17.9 Å². The summed E-state index contributed by atoms with van der Waals surface area (Å²) >= 11 is 0. The van der Waals surface area contributed by atoms with Crippen molar-refractivity contribution in [2.45, 2.75) is 32.5 Å². The molecule has 1 unspecified atom stereocenters. The first-order valence-electron chi connectivity index (χ1n) is 11.2. The smallest absolute Gasteiger partial charge is 0.264 e. The summed E-state index contributed by atoms with van der Waals surface area (Å²) in [7, 11) is 3.18. The highest BCUT2D eigenvalue weighted by atomic mass is 16.5. The van der Waals surface area contributed by atoms with E-state index in [1.54, 1.807) is 49.5 Å². The van der Waals surface area contributed by atoms with Crippen LogP contribution < -0.4 is 19.5 Å². The first kappa shape index (κ1) is 23.2. The molecule has 0 saturated heterocycles. The fourth-order valence-electron chi connectivity index (χ4n) is 3.94. The van der Waals surface area contributed by atoms with E-state index in [2.05, 4.69) is 5.32 Å². The molecule has 1 heterocycles. The highest BCUT2D eigenvalue weighted by Gasteiger charge is 2.30. The van der Waals surface area contributed by atoms with Crippen LogP contribution in [0.25, 0.3) is 0 Å². The maximum Gasteiger partial charge on any atom is 0.264 e. The number of anilines is 1. The van der Waals surface area contributed by atoms with Crippen molar-refractivity contribution in [1.29, 1.82) is 0 Å². The van der Waals surface area contributed by atoms with E-state index in [0.29, 0.717) is 42.3 Å². The standard InChI is InChI=1S/C27H28N2O5/c1-4-24-27(31)29(16-18-7-5-9-22(13-18)32-2)17-20-14-21(11-12-25(20)34-24)28-26(30)19-8-6-10-23(15-19)33-3/h5-15,24H,4,16-17H2,1-3H3,(H,28,30). The van der Waals surface area contributed by atoms with Gasteiger partial charge in [0, 0.05) is 29.9 Å². The number of carbonyl (C=O) groups excluding carboxylic acids is 2. The number of ether oxygens (including phenoxy) is 3. The molecule has 0 bridgehead atoms. The van der Waals surface area contributed by atoms with Crippen LogP contribution in [0.5, 0.6) is 17.2 Å². The van der Waals surface area contributed by atoms with E-state index in [9.17, 15) is 9.59 Å². The van der Waals surface area contributed by atoms with Crippen molar-refractivity contribution in [3.05, 3.63) is 83.4 Å². The third-order valence-electron chi connectivity index (χ3n) is 5.75. The molecule has 2 amide bonds. The van der Waals surface area contributed by atoms with E-state index in [4.69, 9.17) is 14.2 Å². The highest BCUT2D eigenvalue weighted by molar-refractivity contribution is 6.04. The zero-order valence-corrected chi connectivity index (χ0v) is 19.5. The Balaban J connectivity index is 1.58. The van der Waals surface area contributed by atoms with Gasteiger partial charge in [0.1, 0.15) is 17.2 Å². The molecule has 0 saturated carbocycles. The van der Waals surface area contributed by atoms with E-state index in [-0.39, 0.29) is 11.8 Å². The van der Waals surface area contributed by atoms with E-state index in [1.807, 2.05) is 43.3 Å². The maximum atomic E-state index is 13.2. The quantitative estimate of drug-likeness (QED) is 0.555. The molecule has 0 radical (unpaired) electrons. The van der Waals surface area contributed by atoms with E-state index in [0.717, 1.165) is 16.9 Å². The van der Waals surface area contributed by atoms with Crippen molar-refractivity contribution in [3.63, 3.8) is 0 Å². The molecule has 7 nitrogen and oxygen atoms in total. The van der Waals surface area contributed by atoms with Crippen LogP contribution >= 0.6 is 0 Å². The predicted octanol–water partition coefficient (Wildman–Crippen LogP) is 4.66. The average Bonchev–Trinajstić information content (AvgIpc) is 3.00. The molecular formula is C27H28N2O5. The van der Waals surface area contributed by atoms with Crippen LogP contribution in [0.3, 0.4) is 0 Å². The number of hydrogen-bond acceptors (Lipinski definition) is 5. The van der Waals surface area contributed by atoms with Crippen LogP contribution in [0.15, 0.2) is 66.7 Å². The van der Waals surface area contributed by atoms with Crippen LogP contribution in [0.4, 0.5) is 5.69 Å². The number of amides is 2. The highest BCUT2D eigenvalue weighted by Crippen LogP contribution is 2.30. The molecule has 0 aromatic heterocycles. The Kier molecular flexibility index (Phi) is 7.01. The average molecular weight is 461 g/mol. The van der Waals surface area contributed by atoms with Crippen molar-refractivity contribution >= 4 is 17.5 Å². The lowest BCUT2D eigenvalue weighted by molar-refractivity contribution is -0.139. The minimum atomic E-state index is -0.566. The van der Waals surface area contributed by atoms with Gasteiger partial charge in [-0.15, -0.1) is 0 Å². The molecule has 0 spiro atoms. The third-order valence-corrected chi connectivity index (χ3v) is 5.75. The van der Waals surface area contributed by atoms with Gasteiger partial charge in [-0.2, -0.15) is 0 Å². The van der Waals surface area contributed by atoms with Gasteiger partial charge in [-0.3, -0.25) is 9.59 Å². The van der Waals surface area contributed by atoms with Crippen LogP contribution in [0.1, 0.15) is 34.8 Å². The van der Waals surface area contributed by atoms with Gasteiger partial charge in [-0.25, -0.2) is 0 Å². The van der Waals surface area contributed by atoms with E-state index >= 15 is 0 Å². The summed E-state index contributed by atoms with van der Waals surface area (Å²) in [6.07, 6.45) is -0.00891. The van der Waals surface area contributed by atoms with Gasteiger partial charge < -0.3 is 24.4 Å². The van der Waals surface area contributed by atoms with Crippen molar-refractivity contribution < 1.29 is 23.8 Å². The Bertz CT molecular complexity index is 1190. The van der Waals surface area contributed by atoms with Gasteiger partial charge in [-0.05, 0) is 60.5 Å². The lowest BCUT2D eigenvalue weighted by atomic mass is 10.1. The zero-order valence-electron chi connectivity index (χ0n) is 19.5. The molecular weight excluding hydrogens is 432 g/mol. The molecule has 4 rings (SSSR count). The molecule has 1 N–H and O–H groups in total. The van der Waals surface area contributed by atoms with Gasteiger partial charge in [0.15, 0.2) is 6.10 Å². The SMILES string of the molecule is CCC1Oc2ccc(NC(=O)c3cccc(OC)c3)cc2CN(Cc2cccc(OC)c2)C1=O. The second-order valence-electron chi connectivity index (χ2n) is 8.07. The second kappa shape index (κ2) is 10.3. The van der Waals surface area contributed by atoms with E-state index < -0.39 is 6.10 Å². The number of nitrogens with zero attached hydrogens (tertiary/aromatic N) is 1. The first-order valence-corrected chi connectivity index (χ1v) is 11.2. The first-order chi connectivity index (χ1) is 16.5. The summed E-state index contributed by atoms with van der Waals surface area (Å²) in [6, 6.07) is 20.1. The fraction of sp³-hybridized carbons (Fsp3) is 0.259. The van der Waals surface area contributed by atoms with Gasteiger partial charge in [-0.1, -0.05) is 25.1 Å². The molecule has 34 heavy (non-hydrogen) atoms. The minimum absolute atomic E-state index is 0.0662. The Morgan fingerprint density at radius 3 is 2.50 bits per heavy atom. The van der Waals surface area contributed by atoms with Gasteiger partial charge in [0.05, 0.1) is 14.2 Å². The number of fused-ring (bicyclic) bond motifs is 1. The summed E-state index contributed by atoms with van der Waals surface area (Å²) < 4.78 is 16.6. The van der Waals surface area contributed by atoms with E-state index in [1.165, 1.54) is 0 Å². The van der Waals surface area contributed by atoms with Gasteiger partial charge >= 0.3 is 0 Å². The normalized spacial score (nSPS) is 15.1. The molecule has 0 fully saturated rings. The molecule has 1 atom stereocenters. The number of benzene rings is 3. The number of hydrogen-bond donors (Lipinski definition) is 1. The zero-order chi connectivity index (χ0) is 24.1. The Morgan fingerprint density at radius 1 is 1.03 bits per heavy atom. The second-order valence-corrected chi connectivity index (χ2v) is 8.07. The van der Waals surface area contributed by atoms with Crippen LogP contribution in [0.2, 0.25) is 0 Å². The minimum Gasteiger partial charge on any atom is -0.497 e. The Hall–Kier alpha value is -4.00. The molecule has 3 aromatic rings. The lowest BCUT2D eigenvalue weighted by Gasteiger charge is -2.23. The topological polar surface area (TPSA) is 77.1 Å². The summed E-state index contributed by atoms with van der Waals surface area (Å²) in [6.45, 7) is 2.72. The predicted molar refractivity (Wildman–Crippen MR) is 129 cm³/mol. The maximum absolute atomic E-state index is 13.2. The summed E-state index contributed by atoms with van der Waals surface area (Å²) in [5, 5.41) is 2.93. The summed E-state index contributed by atoms with van der Waals surface area (Å²) in [4.78, 5) is 27.7. The Morgan fingerprint density at radius 2 is 1.76 bits per heavy atom. The number of rotatable bonds is 7. The molecule has 1 aliphatic rings. The third kappa shape index (κ3) is 5.14. The molecule has 7 heteroatoms. The van der Waals surface area contributed by atoms with Crippen molar-refractivity contribution in [2.24, 2.45) is 0 Å². The molecule has 176 valence electrons. The van der Waals surface area contributed by atoms with Crippen LogP contribution in [0, 0.1) is 0 Å². The molecule has 0 aliphatic carbocycles. The molecule has 3 aromatic carbocycles. The molecule has 1 aliphatic heterocycles. The summed E-state index contributed by atoms with van der Waals surface area (Å²) in [5.74, 6) is 1.69. The number of carbonyl (C=O) groups is 2. The number of nitrogens with one attached hydrogen (secondary N) is 1. The monoisotopic (exact) mass is 460 g/mol. The van der Waals surface area contributed by atoms with Crippen molar-refractivity contribution in [1.82, 2.24) is 4.90 Å². The Labute approximate surface area is 199 Å². The van der Waals surface area contributed by atoms with Gasteiger partial charge in [0.25, 0.3) is 11.8 Å². The van der Waals surface area contributed by atoms with Gasteiger partial charge in [0.2, 0.25) is 0 Å². The largest absolute Gasteiger partial charge is 0.497 e. The summed E-state index contributed by atoms with van der Waals surface area (Å²) in [5.41, 5.74) is 2.91. The van der Waals surface area contributed by atoms with Crippen molar-refractivity contribution in [2.75, 3.05) is 19.5 Å².